The summed E-state index contributed by atoms with van der Waals surface area (Å²) >= 11 is 5.60. The van der Waals surface area contributed by atoms with Gasteiger partial charge in [0.1, 0.15) is 43.0 Å². The quantitative estimate of drug-likeness (QED) is 0.0155. The molecule has 3 fully saturated rings. The first-order valence-electron chi connectivity index (χ1n) is 35.6. The van der Waals surface area contributed by atoms with Crippen LogP contribution in [-0.2, 0) is 47.8 Å². The molecule has 3 saturated carbocycles. The number of aryl methyl sites for hydroxylation is 1. The molecule has 4 heterocycles. The van der Waals surface area contributed by atoms with Crippen molar-refractivity contribution in [3.05, 3.63) is 197 Å². The highest BCUT2D eigenvalue weighted by Gasteiger charge is 2.41. The fraction of sp³-hybridized carbons (Fsp3) is 0.259. The maximum atomic E-state index is 15.1. The van der Waals surface area contributed by atoms with Gasteiger partial charge >= 0.3 is 6.18 Å². The Hall–Kier alpha value is -12.7. The van der Waals surface area contributed by atoms with E-state index in [4.69, 9.17) is 61.7 Å². The number of hydrogen-bond donors (Lipinski definition) is 9. The molecule has 3 aliphatic carbocycles. The Morgan fingerprint density at radius 2 is 0.825 bits per heavy atom. The van der Waals surface area contributed by atoms with Crippen LogP contribution in [0.3, 0.4) is 0 Å². The molecule has 26 nitrogen and oxygen atoms in total. The fourth-order valence-corrected chi connectivity index (χ4v) is 11.6. The van der Waals surface area contributed by atoms with E-state index < -0.39 is 75.7 Å². The second-order valence-electron chi connectivity index (χ2n) is 27.6. The van der Waals surface area contributed by atoms with Crippen molar-refractivity contribution in [2.45, 2.75) is 94.4 Å². The summed E-state index contributed by atoms with van der Waals surface area (Å²) < 4.78 is 123. The van der Waals surface area contributed by atoms with Crippen LogP contribution in [0.2, 0.25) is 5.02 Å². The van der Waals surface area contributed by atoms with E-state index >= 15 is 4.39 Å². The van der Waals surface area contributed by atoms with Gasteiger partial charge < -0.3 is 82.0 Å². The number of ketones is 3. The normalized spacial score (nSPS) is 13.8. The fourth-order valence-electron chi connectivity index (χ4n) is 11.4. The minimum atomic E-state index is -4.72. The van der Waals surface area contributed by atoms with Gasteiger partial charge in [0.15, 0.2) is 34.5 Å². The van der Waals surface area contributed by atoms with Gasteiger partial charge in [0, 0.05) is 106 Å². The van der Waals surface area contributed by atoms with E-state index in [9.17, 15) is 50.7 Å². The molecule has 12 N–H and O–H groups in total. The van der Waals surface area contributed by atoms with Crippen LogP contribution < -0.4 is 77.5 Å². The molecule has 0 unspecified atom stereocenters. The lowest BCUT2D eigenvalue weighted by Crippen LogP contribution is -2.29. The van der Waals surface area contributed by atoms with Crippen LogP contribution >= 0.6 is 11.6 Å². The van der Waals surface area contributed by atoms with E-state index in [2.05, 4.69) is 52.0 Å². The van der Waals surface area contributed by atoms with E-state index in [-0.39, 0.29) is 69.1 Å². The first kappa shape index (κ1) is 80.9. The molecule has 7 aromatic carbocycles. The number of rotatable bonds is 29. The Morgan fingerprint density at radius 3 is 1.14 bits per heavy atom. The van der Waals surface area contributed by atoms with Crippen molar-refractivity contribution in [1.29, 1.82) is 0 Å². The average Bonchev–Trinajstić information content (AvgIpc) is 1.14. The number of ether oxygens (including phenoxy) is 6. The van der Waals surface area contributed by atoms with Crippen molar-refractivity contribution >= 4 is 131 Å². The summed E-state index contributed by atoms with van der Waals surface area (Å²) in [6.07, 6.45) is 4.74. The van der Waals surface area contributed by atoms with Gasteiger partial charge in [-0.15, -0.1) is 0 Å². The molecule has 0 bridgehead atoms. The molecule has 592 valence electrons. The first-order chi connectivity index (χ1) is 54.4. The van der Waals surface area contributed by atoms with Gasteiger partial charge in [-0.3, -0.25) is 43.7 Å². The van der Waals surface area contributed by atoms with Crippen LogP contribution in [0.4, 0.5) is 77.5 Å². The second-order valence-corrected chi connectivity index (χ2v) is 28.0. The number of pyridine rings is 3. The Bertz CT molecular complexity index is 5550. The summed E-state index contributed by atoms with van der Waals surface area (Å²) in [6, 6.07) is 32.1. The maximum absolute atomic E-state index is 15.1. The van der Waals surface area contributed by atoms with Crippen molar-refractivity contribution in [1.82, 2.24) is 20.1 Å². The SMILES string of the molecule is CCC(=O)C(=O)Nc1ccc(Nc2ccnc3cc(OCC4(N)CC4)c(OC)cc23)c(F)c1.COc1cc2c(Nc3ccc(NC(=O)C(=O)Cc4cc(C)on4)cc3F)ccnc2cc1OCC1(N)CC1.COc1cc2c(Nc3ccc(NC(=O)C(=O)Cc4ccc(Cl)c(C(F)(F)F)c4)cc3F)ccnc2cc1OCC1(N)CC1. The number of halogens is 7. The molecular formula is C81H76ClF6N13O13. The highest BCUT2D eigenvalue weighted by Crippen LogP contribution is 2.44. The lowest BCUT2D eigenvalue weighted by atomic mass is 10.0. The van der Waals surface area contributed by atoms with Crippen LogP contribution in [0.15, 0.2) is 157 Å². The number of anilines is 9. The molecule has 3 amide bonds. The predicted molar refractivity (Wildman–Crippen MR) is 415 cm³/mol. The van der Waals surface area contributed by atoms with Gasteiger partial charge in [-0.25, -0.2) is 13.2 Å². The Balaban J connectivity index is 0.000000160. The third-order valence-electron chi connectivity index (χ3n) is 18.6. The van der Waals surface area contributed by atoms with E-state index in [1.807, 2.05) is 0 Å². The molecule has 0 aliphatic heterocycles. The number of carbonyl (C=O) groups excluding carboxylic acids is 6. The number of methoxy groups -OCH3 is 3. The minimum absolute atomic E-state index is 0.0233. The molecule has 11 aromatic rings. The van der Waals surface area contributed by atoms with Crippen molar-refractivity contribution < 1.29 is 88.1 Å². The Labute approximate surface area is 652 Å². The molecule has 114 heavy (non-hydrogen) atoms. The summed E-state index contributed by atoms with van der Waals surface area (Å²) in [5.74, 6) is -3.49. The van der Waals surface area contributed by atoms with Gasteiger partial charge in [-0.1, -0.05) is 29.7 Å². The number of alkyl halides is 3. The molecular weight excluding hydrogens is 1510 g/mol. The molecule has 0 saturated heterocycles. The number of nitrogens with zero attached hydrogens (tertiary/aromatic N) is 4. The average molecular weight is 1590 g/mol. The molecule has 33 heteroatoms. The van der Waals surface area contributed by atoms with Crippen LogP contribution in [0, 0.1) is 24.4 Å². The Morgan fingerprint density at radius 1 is 0.465 bits per heavy atom. The van der Waals surface area contributed by atoms with Gasteiger partial charge in [0.05, 0.1) is 94.3 Å². The molecule has 14 rings (SSSR count). The van der Waals surface area contributed by atoms with Crippen LogP contribution in [0.25, 0.3) is 32.7 Å². The summed E-state index contributed by atoms with van der Waals surface area (Å²) in [6.45, 7) is 4.38. The van der Waals surface area contributed by atoms with Crippen molar-refractivity contribution in [2.24, 2.45) is 17.2 Å². The Kier molecular flexibility index (Phi) is 24.2. The highest BCUT2D eigenvalue weighted by atomic mass is 35.5. The second kappa shape index (κ2) is 34.1. The van der Waals surface area contributed by atoms with Gasteiger partial charge in [-0.05, 0) is 154 Å². The number of Topliss-reactive ketones (excluding diaryl/α,β-unsaturated/α-hetero) is 3. The number of hydrogen-bond acceptors (Lipinski definition) is 23. The number of nitrogens with one attached hydrogen (secondary N) is 6. The number of fused-ring (bicyclic) bond motifs is 3. The van der Waals surface area contributed by atoms with Gasteiger partial charge in [0.2, 0.25) is 17.3 Å². The smallest absolute Gasteiger partial charge is 0.417 e. The maximum Gasteiger partial charge on any atom is 0.417 e. The summed E-state index contributed by atoms with van der Waals surface area (Å²) in [5.41, 5.74) is 20.9. The lowest BCUT2D eigenvalue weighted by Gasteiger charge is -2.16. The van der Waals surface area contributed by atoms with Gasteiger partial charge in [0.25, 0.3) is 17.7 Å². The summed E-state index contributed by atoms with van der Waals surface area (Å²) in [5, 5.41) is 21.4. The summed E-state index contributed by atoms with van der Waals surface area (Å²) in [7, 11) is 4.58. The molecule has 0 spiro atoms. The molecule has 4 aromatic heterocycles. The summed E-state index contributed by atoms with van der Waals surface area (Å²) in [4.78, 5) is 85.6. The predicted octanol–water partition coefficient (Wildman–Crippen LogP) is 14.4. The topological polar surface area (TPSA) is 373 Å². The van der Waals surface area contributed by atoms with E-state index in [1.54, 1.807) is 100 Å². The largest absolute Gasteiger partial charge is 0.493 e. The zero-order valence-corrected chi connectivity index (χ0v) is 62.6. The lowest BCUT2D eigenvalue weighted by molar-refractivity contribution is -0.137. The highest BCUT2D eigenvalue weighted by molar-refractivity contribution is 6.42. The standard InChI is InChI=1S/C30H25ClF4N4O4.C27H26FN5O5.C24H25FN4O4/c1-42-26-13-18-22(6-9-37-24(18)14-27(26)43-15-29(36)7-8-29)39-23-5-3-17(12-21(23)32)38-28(41)25(40)11-16-2-4-20(31)19(10-16)30(33,34)35;1-15-9-17(33-38-15)11-23(34)26(35)31-16-3-4-21(19(28)10-16)32-20-5-8-30-22-13-25(24(36-2)12-18(20)22)37-14-27(29)6-7-27;1-3-20(30)23(31)28-14-4-5-18(16(25)10-14)29-17-6-9-27-19-12-22(21(32-2)11-15(17)19)33-13-24(26)7-8-24/h2-6,9-10,12-14H,7-8,11,15,36H2,1H3,(H,37,39)(H,38,41);3-5,8-10,12-13H,6-7,11,14,29H2,1-2H3,(H,30,32)(H,31,35);4-6,9-12H,3,7-8,13,26H2,1-2H3,(H,27,29)(H,28,31). The molecule has 0 atom stereocenters. The van der Waals surface area contributed by atoms with Gasteiger partial charge in [-0.2, -0.15) is 13.2 Å². The number of carbonyl (C=O) groups is 6. The van der Waals surface area contributed by atoms with Crippen LogP contribution in [0.1, 0.15) is 74.5 Å². The number of benzene rings is 7. The van der Waals surface area contributed by atoms with E-state index in [1.165, 1.54) is 56.7 Å². The molecule has 0 radical (unpaired) electrons. The van der Waals surface area contributed by atoms with E-state index in [0.717, 1.165) is 62.8 Å². The van der Waals surface area contributed by atoms with Crippen molar-refractivity contribution in [3.63, 3.8) is 0 Å². The van der Waals surface area contributed by atoms with Crippen molar-refractivity contribution in [3.8, 4) is 34.5 Å². The molecule has 3 aliphatic rings. The van der Waals surface area contributed by atoms with Crippen molar-refractivity contribution in [2.75, 3.05) is 73.1 Å². The monoisotopic (exact) mass is 1590 g/mol. The number of nitrogens with two attached hydrogens (primary N) is 3. The third kappa shape index (κ3) is 20.3. The minimum Gasteiger partial charge on any atom is -0.493 e. The van der Waals surface area contributed by atoms with Crippen LogP contribution in [0.5, 0.6) is 34.5 Å². The zero-order chi connectivity index (χ0) is 81.4. The van der Waals surface area contributed by atoms with E-state index in [0.29, 0.717) is 122 Å². The first-order valence-corrected chi connectivity index (χ1v) is 35.9. The van der Waals surface area contributed by atoms with Crippen LogP contribution in [-0.4, -0.2) is 113 Å². The number of amides is 3. The zero-order valence-electron chi connectivity index (χ0n) is 61.9. The third-order valence-corrected chi connectivity index (χ3v) is 18.9. The number of aromatic nitrogens is 4.